The molecule has 0 aliphatic carbocycles. The van der Waals surface area contributed by atoms with Crippen molar-refractivity contribution < 1.29 is 7.05 Å². The Kier molecular flexibility index (Phi) is 21.3. The van der Waals surface area contributed by atoms with E-state index in [1.165, 1.54) is 38.5 Å². The SMILES string of the molecule is CCCCCCCC.[F][AlH][F]. The molecule has 0 saturated heterocycles. The van der Waals surface area contributed by atoms with E-state index in [0.717, 1.165) is 0 Å². The number of rotatable bonds is 5. The molecule has 0 unspecified atom stereocenters. The fourth-order valence-corrected chi connectivity index (χ4v) is 0.854. The van der Waals surface area contributed by atoms with Crippen molar-refractivity contribution in [3.63, 3.8) is 0 Å². The van der Waals surface area contributed by atoms with Gasteiger partial charge in [0.1, 0.15) is 0 Å². The van der Waals surface area contributed by atoms with Crippen molar-refractivity contribution in [2.75, 3.05) is 0 Å². The van der Waals surface area contributed by atoms with E-state index in [2.05, 4.69) is 13.8 Å². The van der Waals surface area contributed by atoms with Gasteiger partial charge in [-0.1, -0.05) is 52.4 Å². The number of hydrogen-bond donors (Lipinski definition) is 0. The predicted molar refractivity (Wildman–Crippen MR) is 48.4 cm³/mol. The molecule has 0 atom stereocenters. The molecule has 0 fully saturated rings. The van der Waals surface area contributed by atoms with Crippen LogP contribution in [0.4, 0.5) is 7.05 Å². The average Bonchev–Trinajstić information content (AvgIpc) is 2.00. The van der Waals surface area contributed by atoms with Gasteiger partial charge in [-0.15, -0.1) is 0 Å². The second kappa shape index (κ2) is 16.8. The minimum Gasteiger partial charge on any atom is -0.377 e. The van der Waals surface area contributed by atoms with E-state index in [1.54, 1.807) is 0 Å². The molecule has 0 N–H and O–H groups in total. The number of halogens is 2. The van der Waals surface area contributed by atoms with E-state index in [1.807, 2.05) is 0 Å². The molecule has 0 bridgehead atoms. The monoisotopic (exact) mass is 180 g/mol. The smallest absolute Gasteiger partial charge is 0.377 e. The van der Waals surface area contributed by atoms with Crippen molar-refractivity contribution in [3.05, 3.63) is 0 Å². The molecule has 0 aliphatic rings. The lowest BCUT2D eigenvalue weighted by atomic mass is 10.1. The molecule has 0 aromatic rings. The summed E-state index contributed by atoms with van der Waals surface area (Å²) in [5.41, 5.74) is 0. The van der Waals surface area contributed by atoms with Gasteiger partial charge < -0.3 is 7.05 Å². The van der Waals surface area contributed by atoms with Gasteiger partial charge in [0.15, 0.2) is 0 Å². The summed E-state index contributed by atoms with van der Waals surface area (Å²) in [4.78, 5) is 0. The van der Waals surface area contributed by atoms with Crippen molar-refractivity contribution in [1.82, 2.24) is 0 Å². The Balaban J connectivity index is 0. The van der Waals surface area contributed by atoms with Crippen molar-refractivity contribution in [2.24, 2.45) is 0 Å². The van der Waals surface area contributed by atoms with E-state index < -0.39 is 16.1 Å². The molecule has 0 heterocycles. The van der Waals surface area contributed by atoms with Crippen LogP contribution in [0.2, 0.25) is 0 Å². The van der Waals surface area contributed by atoms with Gasteiger partial charge in [0.25, 0.3) is 0 Å². The highest BCUT2D eigenvalue weighted by Gasteiger charge is 1.83. The van der Waals surface area contributed by atoms with Gasteiger partial charge in [-0.05, 0) is 0 Å². The van der Waals surface area contributed by atoms with Crippen LogP contribution < -0.4 is 0 Å². The van der Waals surface area contributed by atoms with E-state index >= 15 is 0 Å². The third-order valence-corrected chi connectivity index (χ3v) is 1.46. The van der Waals surface area contributed by atoms with Gasteiger partial charge in [-0.25, -0.2) is 0 Å². The molecule has 0 amide bonds. The lowest BCUT2D eigenvalue weighted by Gasteiger charge is -1.93. The first kappa shape index (κ1) is 13.9. The summed E-state index contributed by atoms with van der Waals surface area (Å²) >= 11 is -2.58. The van der Waals surface area contributed by atoms with Crippen LogP contribution in [0, 0.1) is 0 Å². The minimum absolute atomic E-state index is 1.36. The van der Waals surface area contributed by atoms with Crippen molar-refractivity contribution in [2.45, 2.75) is 52.4 Å². The van der Waals surface area contributed by atoms with E-state index in [9.17, 15) is 7.05 Å². The Bertz CT molecular complexity index is 45.4. The summed E-state index contributed by atoms with van der Waals surface area (Å²) in [5.74, 6) is 0. The Labute approximate surface area is 76.0 Å². The first-order valence-electron chi connectivity index (χ1n) is 4.45. The van der Waals surface area contributed by atoms with Crippen LogP contribution in [0.3, 0.4) is 0 Å². The molecular formula is C8H19AlF2. The largest absolute Gasteiger partial charge is 0.732 e. The highest BCUT2D eigenvalue weighted by molar-refractivity contribution is 6.15. The van der Waals surface area contributed by atoms with Crippen LogP contribution in [-0.4, -0.2) is 16.1 Å². The van der Waals surface area contributed by atoms with Crippen LogP contribution in [0.15, 0.2) is 0 Å². The van der Waals surface area contributed by atoms with E-state index in [-0.39, 0.29) is 0 Å². The first-order valence-corrected chi connectivity index (χ1v) is 5.52. The second-order valence-electron chi connectivity index (χ2n) is 2.52. The van der Waals surface area contributed by atoms with Crippen molar-refractivity contribution in [3.8, 4) is 0 Å². The van der Waals surface area contributed by atoms with E-state index in [4.69, 9.17) is 0 Å². The maximum absolute atomic E-state index is 9.76. The highest BCUT2D eigenvalue weighted by Crippen LogP contribution is 2.03. The summed E-state index contributed by atoms with van der Waals surface area (Å²) in [6, 6.07) is 0. The molecule has 11 heavy (non-hydrogen) atoms. The predicted octanol–water partition coefficient (Wildman–Crippen LogP) is 3.56. The zero-order valence-electron chi connectivity index (χ0n) is 7.71. The van der Waals surface area contributed by atoms with Gasteiger partial charge in [0.2, 0.25) is 0 Å². The Morgan fingerprint density at radius 1 is 0.818 bits per heavy atom. The number of hydrogen-bond acceptors (Lipinski definition) is 0. The third-order valence-electron chi connectivity index (χ3n) is 1.46. The third kappa shape index (κ3) is 25.2. The summed E-state index contributed by atoms with van der Waals surface area (Å²) in [7, 11) is 0. The molecular weight excluding hydrogens is 161 g/mol. The quantitative estimate of drug-likeness (QED) is 0.448. The molecule has 0 radical (unpaired) electrons. The van der Waals surface area contributed by atoms with Crippen LogP contribution in [0.5, 0.6) is 0 Å². The van der Waals surface area contributed by atoms with Gasteiger partial charge in [0, 0.05) is 0 Å². The van der Waals surface area contributed by atoms with Gasteiger partial charge >= 0.3 is 16.1 Å². The first-order chi connectivity index (χ1) is 5.33. The fraction of sp³-hybridized carbons (Fsp3) is 1.00. The molecule has 0 spiro atoms. The topological polar surface area (TPSA) is 0 Å². The molecule has 68 valence electrons. The molecule has 0 saturated carbocycles. The van der Waals surface area contributed by atoms with Gasteiger partial charge in [0.05, 0.1) is 0 Å². The summed E-state index contributed by atoms with van der Waals surface area (Å²) in [6.45, 7) is 4.51. The fourth-order valence-electron chi connectivity index (χ4n) is 0.854. The molecule has 0 rings (SSSR count). The molecule has 3 heteroatoms. The maximum Gasteiger partial charge on any atom is 0.732 e. The summed E-state index contributed by atoms with van der Waals surface area (Å²) in [5, 5.41) is 0. The van der Waals surface area contributed by atoms with Gasteiger partial charge in [-0.3, -0.25) is 0 Å². The average molecular weight is 180 g/mol. The Morgan fingerprint density at radius 2 is 1.09 bits per heavy atom. The molecule has 0 aromatic carbocycles. The second-order valence-corrected chi connectivity index (χ2v) is 2.72. The van der Waals surface area contributed by atoms with Crippen LogP contribution in [0.1, 0.15) is 52.4 Å². The van der Waals surface area contributed by atoms with Crippen LogP contribution >= 0.6 is 0 Å². The summed E-state index contributed by atoms with van der Waals surface area (Å²) < 4.78 is 19.5. The van der Waals surface area contributed by atoms with Crippen molar-refractivity contribution >= 4 is 16.1 Å². The molecule has 0 aromatic heterocycles. The van der Waals surface area contributed by atoms with E-state index in [0.29, 0.717) is 0 Å². The standard InChI is InChI=1S/C8H18.Al.2FH.H/c1-3-5-7-8-6-4-2;;;;/h3-8H2,1-2H3;;2*1H;/q;+2;;;/p-2. The van der Waals surface area contributed by atoms with Crippen molar-refractivity contribution in [1.29, 1.82) is 0 Å². The Hall–Kier alpha value is 0.392. The zero-order chi connectivity index (χ0) is 8.95. The Morgan fingerprint density at radius 3 is 1.27 bits per heavy atom. The normalized spacial score (nSPS) is 8.36. The van der Waals surface area contributed by atoms with Crippen LogP contribution in [-0.2, 0) is 0 Å². The lowest BCUT2D eigenvalue weighted by Crippen LogP contribution is -1.73. The lowest BCUT2D eigenvalue weighted by molar-refractivity contribution is 0.624. The molecule has 0 aliphatic heterocycles. The molecule has 0 nitrogen and oxygen atoms in total. The minimum atomic E-state index is -2.58. The summed E-state index contributed by atoms with van der Waals surface area (Å²) in [6.07, 6.45) is 8.49. The maximum atomic E-state index is 9.76. The van der Waals surface area contributed by atoms with Crippen LogP contribution in [0.25, 0.3) is 0 Å². The highest BCUT2D eigenvalue weighted by atomic mass is 27.2. The zero-order valence-corrected chi connectivity index (χ0v) is 9.12. The number of unbranched alkanes of at least 4 members (excludes halogenated alkanes) is 5. The van der Waals surface area contributed by atoms with Gasteiger partial charge in [-0.2, -0.15) is 0 Å².